The number of benzene rings is 1. The van der Waals surface area contributed by atoms with Crippen molar-refractivity contribution in [1.82, 2.24) is 0 Å². The Morgan fingerprint density at radius 2 is 1.67 bits per heavy atom. The molecule has 0 amide bonds. The molecule has 1 unspecified atom stereocenters. The summed E-state index contributed by atoms with van der Waals surface area (Å²) in [4.78, 5) is 11.8. The van der Waals surface area contributed by atoms with E-state index in [2.05, 4.69) is 20.8 Å². The fourth-order valence-corrected chi connectivity index (χ4v) is 3.28. The largest absolute Gasteiger partial charge is 0.479 e. The number of nitrogens with zero attached hydrogens (tertiary/aromatic N) is 1. The summed E-state index contributed by atoms with van der Waals surface area (Å²) >= 11 is 0. The molecule has 0 radical (unpaired) electrons. The number of nitriles is 1. The molecule has 0 saturated heterocycles. The zero-order valence-electron chi connectivity index (χ0n) is 13.5. The Bertz CT molecular complexity index is 567. The fraction of sp³-hybridized carbons (Fsp3) is 0.500. The van der Waals surface area contributed by atoms with Gasteiger partial charge in [0.2, 0.25) is 0 Å². The van der Waals surface area contributed by atoms with Crippen molar-refractivity contribution in [2.45, 2.75) is 51.4 Å². The average Bonchev–Trinajstić information content (AvgIpc) is 2.36. The Hall–Kier alpha value is -1.64. The monoisotopic (exact) mass is 305 g/mol. The Balaban J connectivity index is 3.27. The molecule has 0 aromatic heterocycles. The van der Waals surface area contributed by atoms with E-state index in [1.54, 1.807) is 31.2 Å². The molecule has 1 rings (SSSR count). The van der Waals surface area contributed by atoms with Crippen molar-refractivity contribution in [3.63, 3.8) is 0 Å². The minimum absolute atomic E-state index is 0.0870. The van der Waals surface area contributed by atoms with Crippen LogP contribution in [-0.4, -0.2) is 19.4 Å². The van der Waals surface area contributed by atoms with E-state index in [0.29, 0.717) is 11.1 Å². The molecular weight excluding hydrogens is 282 g/mol. The molecule has 0 fully saturated rings. The number of aliphatic carboxylic acids is 1. The molecule has 0 aliphatic rings. The molecular formula is C16H23NO3Si. The zero-order valence-corrected chi connectivity index (χ0v) is 14.5. The normalized spacial score (nSPS) is 15.1. The molecule has 1 atom stereocenters. The van der Waals surface area contributed by atoms with Gasteiger partial charge in [0.1, 0.15) is 0 Å². The van der Waals surface area contributed by atoms with Crippen molar-refractivity contribution in [2.75, 3.05) is 0 Å². The van der Waals surface area contributed by atoms with E-state index in [9.17, 15) is 9.90 Å². The van der Waals surface area contributed by atoms with Gasteiger partial charge < -0.3 is 9.53 Å². The molecule has 0 aliphatic heterocycles. The molecule has 0 bridgehead atoms. The van der Waals surface area contributed by atoms with Crippen LogP contribution in [0.25, 0.3) is 0 Å². The van der Waals surface area contributed by atoms with E-state index in [4.69, 9.17) is 9.69 Å². The van der Waals surface area contributed by atoms with E-state index in [1.807, 2.05) is 19.2 Å². The van der Waals surface area contributed by atoms with Crippen molar-refractivity contribution >= 4 is 14.3 Å². The van der Waals surface area contributed by atoms with Crippen LogP contribution in [0.3, 0.4) is 0 Å². The van der Waals surface area contributed by atoms with Crippen molar-refractivity contribution in [3.8, 4) is 6.07 Å². The Labute approximate surface area is 127 Å². The number of hydrogen-bond donors (Lipinski definition) is 1. The van der Waals surface area contributed by atoms with E-state index < -0.39 is 19.9 Å². The number of rotatable bonds is 4. The molecule has 21 heavy (non-hydrogen) atoms. The lowest BCUT2D eigenvalue weighted by atomic mass is 9.95. The van der Waals surface area contributed by atoms with Crippen molar-refractivity contribution in [2.24, 2.45) is 0 Å². The molecule has 5 heteroatoms. The van der Waals surface area contributed by atoms with Gasteiger partial charge in [0, 0.05) is 0 Å². The number of carboxylic acid groups (broad SMARTS) is 1. The lowest BCUT2D eigenvalue weighted by Gasteiger charge is -2.42. The Morgan fingerprint density at radius 3 is 2.00 bits per heavy atom. The van der Waals surface area contributed by atoms with Crippen LogP contribution in [0.1, 0.15) is 38.8 Å². The zero-order chi connectivity index (χ0) is 16.5. The highest BCUT2D eigenvalue weighted by molar-refractivity contribution is 6.74. The lowest BCUT2D eigenvalue weighted by molar-refractivity contribution is -0.155. The summed E-state index contributed by atoms with van der Waals surface area (Å²) in [6, 6.07) is 8.57. The molecule has 114 valence electrons. The third kappa shape index (κ3) is 3.52. The van der Waals surface area contributed by atoms with Crippen LogP contribution in [0.4, 0.5) is 0 Å². The Kier molecular flexibility index (Phi) is 4.66. The minimum Gasteiger partial charge on any atom is -0.479 e. The third-order valence-corrected chi connectivity index (χ3v) is 8.77. The third-order valence-electron chi connectivity index (χ3n) is 4.24. The SMILES string of the molecule is CC(O[Si](C)(C)C(C)(C)C)(C(=O)O)c1ccc(C#N)cc1. The predicted molar refractivity (Wildman–Crippen MR) is 84.4 cm³/mol. The highest BCUT2D eigenvalue weighted by atomic mass is 28.4. The summed E-state index contributed by atoms with van der Waals surface area (Å²) in [7, 11) is -2.25. The first kappa shape index (κ1) is 17.4. The molecule has 0 aliphatic carbocycles. The second kappa shape index (κ2) is 5.62. The predicted octanol–water partition coefficient (Wildman–Crippen LogP) is 3.88. The smallest absolute Gasteiger partial charge is 0.339 e. The molecule has 4 nitrogen and oxygen atoms in total. The van der Waals surface area contributed by atoms with Gasteiger partial charge in [-0.1, -0.05) is 32.9 Å². The van der Waals surface area contributed by atoms with Crippen LogP contribution in [-0.2, 0) is 14.8 Å². The summed E-state index contributed by atoms with van der Waals surface area (Å²) in [5, 5.41) is 18.4. The van der Waals surface area contributed by atoms with Gasteiger partial charge in [-0.25, -0.2) is 4.79 Å². The van der Waals surface area contributed by atoms with Crippen LogP contribution in [0, 0.1) is 11.3 Å². The molecule has 0 heterocycles. The maximum atomic E-state index is 11.8. The maximum absolute atomic E-state index is 11.8. The van der Waals surface area contributed by atoms with Gasteiger partial charge in [-0.15, -0.1) is 0 Å². The summed E-state index contributed by atoms with van der Waals surface area (Å²) in [6.07, 6.45) is 0. The van der Waals surface area contributed by atoms with Gasteiger partial charge in [-0.3, -0.25) is 0 Å². The van der Waals surface area contributed by atoms with Crippen molar-refractivity contribution in [3.05, 3.63) is 35.4 Å². The summed E-state index contributed by atoms with van der Waals surface area (Å²) in [6.45, 7) is 11.8. The van der Waals surface area contributed by atoms with Gasteiger partial charge in [0.15, 0.2) is 13.9 Å². The highest BCUT2D eigenvalue weighted by Gasteiger charge is 2.47. The van der Waals surface area contributed by atoms with Crippen LogP contribution >= 0.6 is 0 Å². The quantitative estimate of drug-likeness (QED) is 0.857. The first-order valence-electron chi connectivity index (χ1n) is 6.88. The van der Waals surface area contributed by atoms with E-state index in [1.165, 1.54) is 0 Å². The van der Waals surface area contributed by atoms with Crippen LogP contribution in [0.2, 0.25) is 18.1 Å². The topological polar surface area (TPSA) is 70.3 Å². The number of carbonyl (C=O) groups is 1. The highest BCUT2D eigenvalue weighted by Crippen LogP contribution is 2.41. The van der Waals surface area contributed by atoms with Gasteiger partial charge in [0.05, 0.1) is 11.6 Å². The van der Waals surface area contributed by atoms with Gasteiger partial charge in [0.25, 0.3) is 0 Å². The molecule has 1 aromatic rings. The van der Waals surface area contributed by atoms with E-state index in [-0.39, 0.29) is 5.04 Å². The molecule has 1 N–H and O–H groups in total. The van der Waals surface area contributed by atoms with Gasteiger partial charge >= 0.3 is 5.97 Å². The van der Waals surface area contributed by atoms with Gasteiger partial charge in [-0.05, 0) is 42.8 Å². The summed E-state index contributed by atoms with van der Waals surface area (Å²) < 4.78 is 6.17. The van der Waals surface area contributed by atoms with Gasteiger partial charge in [-0.2, -0.15) is 5.26 Å². The van der Waals surface area contributed by atoms with Crippen molar-refractivity contribution in [1.29, 1.82) is 5.26 Å². The second-order valence-electron chi connectivity index (χ2n) is 6.89. The first-order chi connectivity index (χ1) is 9.44. The molecule has 1 aromatic carbocycles. The number of carboxylic acids is 1. The van der Waals surface area contributed by atoms with E-state index in [0.717, 1.165) is 0 Å². The first-order valence-corrected chi connectivity index (χ1v) is 9.79. The second-order valence-corrected chi connectivity index (χ2v) is 11.6. The average molecular weight is 305 g/mol. The standard InChI is InChI=1S/C16H23NO3Si/c1-15(2,3)21(5,6)20-16(4,14(18)19)13-9-7-12(11-17)8-10-13/h7-10H,1-6H3,(H,18,19). The van der Waals surface area contributed by atoms with E-state index >= 15 is 0 Å². The lowest BCUT2D eigenvalue weighted by Crippen LogP contribution is -2.50. The number of hydrogen-bond acceptors (Lipinski definition) is 3. The molecule has 0 saturated carbocycles. The van der Waals surface area contributed by atoms with Crippen molar-refractivity contribution < 1.29 is 14.3 Å². The summed E-state index contributed by atoms with van der Waals surface area (Å²) in [5.41, 5.74) is -0.352. The van der Waals surface area contributed by atoms with Crippen LogP contribution < -0.4 is 0 Å². The minimum atomic E-state index is -2.25. The Morgan fingerprint density at radius 1 is 1.19 bits per heavy atom. The van der Waals surface area contributed by atoms with Crippen LogP contribution in [0.15, 0.2) is 24.3 Å². The summed E-state index contributed by atoms with van der Waals surface area (Å²) in [5.74, 6) is -1.02. The fourth-order valence-electron chi connectivity index (χ4n) is 1.75. The van der Waals surface area contributed by atoms with Crippen LogP contribution in [0.5, 0.6) is 0 Å². The maximum Gasteiger partial charge on any atom is 0.339 e. The molecule has 0 spiro atoms.